The number of hydrogen-bond donors (Lipinski definition) is 0. The second kappa shape index (κ2) is 8.51. The van der Waals surface area contributed by atoms with Crippen molar-refractivity contribution in [3.05, 3.63) is 146 Å². The van der Waals surface area contributed by atoms with E-state index in [1.54, 1.807) is 0 Å². The monoisotopic (exact) mass is 520 g/mol. The van der Waals surface area contributed by atoms with Gasteiger partial charge in [-0.2, -0.15) is 0 Å². The Hall–Kier alpha value is -5.47. The maximum atomic E-state index is 5.18. The predicted octanol–water partition coefficient (Wildman–Crippen LogP) is 10.5. The lowest BCUT2D eigenvalue weighted by Crippen LogP contribution is -2.00. The van der Waals surface area contributed by atoms with Crippen molar-refractivity contribution in [1.82, 2.24) is 9.55 Å². The molecule has 0 saturated carbocycles. The van der Waals surface area contributed by atoms with E-state index in [1.165, 1.54) is 59.6 Å². The Morgan fingerprint density at radius 3 is 1.56 bits per heavy atom. The van der Waals surface area contributed by atoms with Gasteiger partial charge >= 0.3 is 0 Å². The molecule has 0 fully saturated rings. The minimum atomic E-state index is 0.955. The highest BCUT2D eigenvalue weighted by Gasteiger charge is 2.19. The average molecular weight is 521 g/mol. The fourth-order valence-corrected chi connectivity index (χ4v) is 6.80. The van der Waals surface area contributed by atoms with Gasteiger partial charge in [0.2, 0.25) is 0 Å². The molecule has 2 heterocycles. The van der Waals surface area contributed by atoms with Crippen molar-refractivity contribution in [2.24, 2.45) is 0 Å². The Kier molecular flexibility index (Phi) is 4.64. The lowest BCUT2D eigenvalue weighted by molar-refractivity contribution is 1.10. The van der Waals surface area contributed by atoms with Gasteiger partial charge in [-0.3, -0.25) is 4.57 Å². The molecule has 0 N–H and O–H groups in total. The molecular weight excluding hydrogens is 496 g/mol. The number of nitrogens with zero attached hydrogens (tertiary/aromatic N) is 2. The summed E-state index contributed by atoms with van der Waals surface area (Å²) in [6, 6.07) is 50.3. The van der Waals surface area contributed by atoms with Gasteiger partial charge < -0.3 is 0 Å². The Bertz CT molecular complexity index is 2470. The smallest absolute Gasteiger partial charge is 0.145 e. The van der Waals surface area contributed by atoms with Crippen LogP contribution in [0.3, 0.4) is 0 Å². The van der Waals surface area contributed by atoms with Crippen LogP contribution in [0.2, 0.25) is 0 Å². The number of para-hydroxylation sites is 1. The van der Waals surface area contributed by atoms with E-state index in [9.17, 15) is 0 Å². The first-order chi connectivity index (χ1) is 20.4. The summed E-state index contributed by atoms with van der Waals surface area (Å²) in [5.74, 6) is 0.955. The van der Waals surface area contributed by atoms with Crippen LogP contribution in [-0.2, 0) is 0 Å². The van der Waals surface area contributed by atoms with Gasteiger partial charge in [-0.05, 0) is 61.5 Å². The molecule has 9 aromatic rings. The molecule has 2 aromatic heterocycles. The zero-order chi connectivity index (χ0) is 26.9. The third-order valence-corrected chi connectivity index (χ3v) is 8.61. The molecule has 2 heteroatoms. The molecule has 7 aromatic carbocycles. The van der Waals surface area contributed by atoms with Crippen LogP contribution in [0.15, 0.2) is 146 Å². The summed E-state index contributed by atoms with van der Waals surface area (Å²) in [5.41, 5.74) is 4.66. The van der Waals surface area contributed by atoms with Gasteiger partial charge in [0.05, 0.1) is 11.0 Å². The molecule has 0 aliphatic carbocycles. The second-order valence-corrected chi connectivity index (χ2v) is 10.8. The molecule has 0 bridgehead atoms. The topological polar surface area (TPSA) is 17.8 Å². The van der Waals surface area contributed by atoms with E-state index in [2.05, 4.69) is 144 Å². The van der Waals surface area contributed by atoms with Crippen molar-refractivity contribution in [1.29, 1.82) is 0 Å². The number of rotatable bonds is 2. The van der Waals surface area contributed by atoms with Gasteiger partial charge in [0.1, 0.15) is 5.82 Å². The SMILES string of the molecule is c1ccc(-c2cnc(-n3c4ccccc4c4cc5c6ccccc6c6ccccc6c5cc43)c3ccccc23)cc1. The number of benzene rings is 7. The normalized spacial score (nSPS) is 11.9. The van der Waals surface area contributed by atoms with Gasteiger partial charge in [0.15, 0.2) is 0 Å². The molecule has 2 nitrogen and oxygen atoms in total. The lowest BCUT2D eigenvalue weighted by atomic mass is 9.93. The molecule has 0 aliphatic heterocycles. The van der Waals surface area contributed by atoms with Crippen molar-refractivity contribution in [2.45, 2.75) is 0 Å². The van der Waals surface area contributed by atoms with E-state index in [-0.39, 0.29) is 0 Å². The minimum absolute atomic E-state index is 0.955. The Morgan fingerprint density at radius 2 is 0.878 bits per heavy atom. The molecule has 0 aliphatic rings. The minimum Gasteiger partial charge on any atom is -0.293 e. The zero-order valence-corrected chi connectivity index (χ0v) is 22.3. The highest BCUT2D eigenvalue weighted by atomic mass is 15.1. The summed E-state index contributed by atoms with van der Waals surface area (Å²) >= 11 is 0. The van der Waals surface area contributed by atoms with E-state index in [0.29, 0.717) is 0 Å². The molecule has 0 atom stereocenters. The van der Waals surface area contributed by atoms with Gasteiger partial charge in [-0.15, -0.1) is 0 Å². The molecular formula is C39H24N2. The van der Waals surface area contributed by atoms with Gasteiger partial charge in [0.25, 0.3) is 0 Å². The average Bonchev–Trinajstić information content (AvgIpc) is 3.37. The van der Waals surface area contributed by atoms with Crippen LogP contribution in [0, 0.1) is 0 Å². The second-order valence-electron chi connectivity index (χ2n) is 10.8. The first-order valence-electron chi connectivity index (χ1n) is 14.1. The maximum Gasteiger partial charge on any atom is 0.145 e. The first kappa shape index (κ1) is 22.4. The van der Waals surface area contributed by atoms with Crippen LogP contribution >= 0.6 is 0 Å². The first-order valence-corrected chi connectivity index (χ1v) is 14.1. The number of pyridine rings is 1. The predicted molar refractivity (Wildman–Crippen MR) is 174 cm³/mol. The maximum absolute atomic E-state index is 5.18. The van der Waals surface area contributed by atoms with Crippen molar-refractivity contribution >= 4 is 64.9 Å². The van der Waals surface area contributed by atoms with Crippen LogP contribution < -0.4 is 0 Å². The number of hydrogen-bond acceptors (Lipinski definition) is 1. The summed E-state index contributed by atoms with van der Waals surface area (Å²) in [6.45, 7) is 0. The Balaban J connectivity index is 1.46. The zero-order valence-electron chi connectivity index (χ0n) is 22.3. The van der Waals surface area contributed by atoms with E-state index >= 15 is 0 Å². The summed E-state index contributed by atoms with van der Waals surface area (Å²) in [6.07, 6.45) is 2.04. The largest absolute Gasteiger partial charge is 0.293 e. The van der Waals surface area contributed by atoms with E-state index in [4.69, 9.17) is 4.98 Å². The van der Waals surface area contributed by atoms with Crippen LogP contribution in [0.5, 0.6) is 0 Å². The van der Waals surface area contributed by atoms with Crippen LogP contribution in [0.25, 0.3) is 81.8 Å². The van der Waals surface area contributed by atoms with Gasteiger partial charge in [-0.25, -0.2) is 4.98 Å². The van der Waals surface area contributed by atoms with Crippen molar-refractivity contribution < 1.29 is 0 Å². The number of aromatic nitrogens is 2. The molecule has 9 rings (SSSR count). The quantitative estimate of drug-likeness (QED) is 0.207. The van der Waals surface area contributed by atoms with E-state index in [0.717, 1.165) is 22.3 Å². The van der Waals surface area contributed by atoms with E-state index in [1.807, 2.05) is 6.20 Å². The lowest BCUT2D eigenvalue weighted by Gasteiger charge is -2.15. The Labute approximate surface area is 236 Å². The van der Waals surface area contributed by atoms with Crippen LogP contribution in [0.4, 0.5) is 0 Å². The summed E-state index contributed by atoms with van der Waals surface area (Å²) in [5, 5.41) is 12.5. The molecule has 0 unspecified atom stereocenters. The van der Waals surface area contributed by atoms with Crippen molar-refractivity contribution in [3.8, 4) is 16.9 Å². The summed E-state index contributed by atoms with van der Waals surface area (Å²) in [4.78, 5) is 5.18. The highest BCUT2D eigenvalue weighted by molar-refractivity contribution is 6.28. The molecule has 41 heavy (non-hydrogen) atoms. The number of fused-ring (bicyclic) bond motifs is 10. The standard InChI is InChI=1S/C39H24N2/c1-2-12-25(13-3-1)36-24-40-39(32-20-9-8-18-30(32)36)41-37-21-11-10-19-31(37)35-22-33-28-16-6-4-14-26(28)27-15-5-7-17-29(27)34(33)23-38(35)41/h1-24H. The molecule has 0 amide bonds. The van der Waals surface area contributed by atoms with Crippen molar-refractivity contribution in [3.63, 3.8) is 0 Å². The molecule has 0 spiro atoms. The fourth-order valence-electron chi connectivity index (χ4n) is 6.80. The molecule has 0 radical (unpaired) electrons. The summed E-state index contributed by atoms with van der Waals surface area (Å²) in [7, 11) is 0. The third-order valence-electron chi connectivity index (χ3n) is 8.61. The Morgan fingerprint density at radius 1 is 0.366 bits per heavy atom. The van der Waals surface area contributed by atoms with Crippen LogP contribution in [0.1, 0.15) is 0 Å². The van der Waals surface area contributed by atoms with Crippen molar-refractivity contribution in [2.75, 3.05) is 0 Å². The molecule has 190 valence electrons. The van der Waals surface area contributed by atoms with E-state index < -0.39 is 0 Å². The van der Waals surface area contributed by atoms with Gasteiger partial charge in [0, 0.05) is 27.9 Å². The fraction of sp³-hybridized carbons (Fsp3) is 0. The molecule has 0 saturated heterocycles. The highest BCUT2D eigenvalue weighted by Crippen LogP contribution is 2.41. The third kappa shape index (κ3) is 3.16. The van der Waals surface area contributed by atoms with Gasteiger partial charge in [-0.1, -0.05) is 121 Å². The van der Waals surface area contributed by atoms with Crippen LogP contribution in [-0.4, -0.2) is 9.55 Å². The summed E-state index contributed by atoms with van der Waals surface area (Å²) < 4.78 is 2.37.